The summed E-state index contributed by atoms with van der Waals surface area (Å²) in [7, 11) is 1.63. The quantitative estimate of drug-likeness (QED) is 0.145. The van der Waals surface area contributed by atoms with Crippen molar-refractivity contribution in [2.45, 2.75) is 34.3 Å². The number of benzene rings is 4. The molecule has 1 aliphatic rings. The van der Waals surface area contributed by atoms with E-state index in [0.717, 1.165) is 48.3 Å². The van der Waals surface area contributed by atoms with E-state index in [0.29, 0.717) is 28.2 Å². The normalized spacial score (nSPS) is 15.2. The van der Waals surface area contributed by atoms with Crippen LogP contribution in [-0.2, 0) is 11.4 Å². The van der Waals surface area contributed by atoms with Gasteiger partial charge in [-0.1, -0.05) is 42.5 Å². The molecular weight excluding hydrogens is 643 g/mol. The summed E-state index contributed by atoms with van der Waals surface area (Å²) >= 11 is 3.63. The minimum Gasteiger partial charge on any atom is -0.493 e. The number of aryl methyl sites for hydroxylation is 4. The Hall–Kier alpha value is -3.56. The summed E-state index contributed by atoms with van der Waals surface area (Å²) in [4.78, 5) is 21.2. The van der Waals surface area contributed by atoms with Crippen molar-refractivity contribution in [1.82, 2.24) is 0 Å². The van der Waals surface area contributed by atoms with Crippen LogP contribution in [0.1, 0.15) is 33.4 Å². The molecule has 0 aliphatic carbocycles. The number of carbonyl (C=O) groups is 1. The topological polar surface area (TPSA) is 51.1 Å². The third kappa shape index (κ3) is 6.85. The van der Waals surface area contributed by atoms with Gasteiger partial charge in [0.2, 0.25) is 0 Å². The van der Waals surface area contributed by atoms with Crippen LogP contribution in [0.15, 0.2) is 88.8 Å². The third-order valence-electron chi connectivity index (χ3n) is 6.48. The van der Waals surface area contributed by atoms with Gasteiger partial charge in [-0.15, -0.1) is 0 Å². The van der Waals surface area contributed by atoms with Crippen LogP contribution in [-0.4, -0.2) is 18.2 Å². The van der Waals surface area contributed by atoms with E-state index < -0.39 is 0 Å². The fraction of sp³-hybridized carbons (Fsp3) is 0.176. The molecular formula is C34H31IN2O3S. The molecule has 0 radical (unpaired) electrons. The van der Waals surface area contributed by atoms with Gasteiger partial charge in [-0.05, 0) is 138 Å². The smallest absolute Gasteiger partial charge is 0.271 e. The van der Waals surface area contributed by atoms with Gasteiger partial charge in [-0.2, -0.15) is 0 Å². The van der Waals surface area contributed by atoms with Gasteiger partial charge in [0.1, 0.15) is 6.61 Å². The molecule has 0 atom stereocenters. The van der Waals surface area contributed by atoms with E-state index in [4.69, 9.17) is 14.5 Å². The molecule has 4 aromatic carbocycles. The van der Waals surface area contributed by atoms with Crippen LogP contribution in [0, 0.1) is 31.3 Å². The van der Waals surface area contributed by atoms with Crippen molar-refractivity contribution in [3.05, 3.63) is 121 Å². The van der Waals surface area contributed by atoms with Crippen LogP contribution < -0.4 is 14.4 Å². The number of hydrogen-bond donors (Lipinski definition) is 0. The fourth-order valence-electron chi connectivity index (χ4n) is 4.83. The van der Waals surface area contributed by atoms with E-state index in [9.17, 15) is 4.79 Å². The molecule has 208 valence electrons. The average Bonchev–Trinajstić information content (AvgIpc) is 3.21. The fourth-order valence-corrected chi connectivity index (χ4v) is 6.61. The number of thioether (sulfide) groups is 1. The summed E-state index contributed by atoms with van der Waals surface area (Å²) in [5.41, 5.74) is 7.99. The van der Waals surface area contributed by atoms with E-state index in [-0.39, 0.29) is 5.91 Å². The van der Waals surface area contributed by atoms with Gasteiger partial charge in [-0.25, -0.2) is 4.99 Å². The van der Waals surface area contributed by atoms with Crippen LogP contribution in [0.3, 0.4) is 0 Å². The van der Waals surface area contributed by atoms with E-state index in [1.165, 1.54) is 11.8 Å². The van der Waals surface area contributed by atoms with Crippen LogP contribution >= 0.6 is 34.4 Å². The van der Waals surface area contributed by atoms with Crippen molar-refractivity contribution in [2.24, 2.45) is 4.99 Å². The molecule has 0 aromatic heterocycles. The molecule has 1 saturated heterocycles. The zero-order valence-electron chi connectivity index (χ0n) is 23.7. The lowest BCUT2D eigenvalue weighted by molar-refractivity contribution is -0.113. The van der Waals surface area contributed by atoms with Crippen LogP contribution in [0.25, 0.3) is 6.08 Å². The van der Waals surface area contributed by atoms with Crippen molar-refractivity contribution >= 4 is 62.9 Å². The first-order chi connectivity index (χ1) is 19.7. The van der Waals surface area contributed by atoms with Crippen molar-refractivity contribution in [1.29, 1.82) is 0 Å². The Morgan fingerprint density at radius 2 is 1.51 bits per heavy atom. The zero-order chi connectivity index (χ0) is 29.1. The maximum absolute atomic E-state index is 13.9. The lowest BCUT2D eigenvalue weighted by atomic mass is 10.1. The Morgan fingerprint density at radius 1 is 0.878 bits per heavy atom. The van der Waals surface area contributed by atoms with Crippen molar-refractivity contribution in [3.8, 4) is 11.5 Å². The largest absolute Gasteiger partial charge is 0.493 e. The first-order valence-electron chi connectivity index (χ1n) is 13.2. The molecule has 1 aliphatic heterocycles. The Morgan fingerprint density at radius 3 is 2.15 bits per heavy atom. The lowest BCUT2D eigenvalue weighted by Crippen LogP contribution is -2.28. The summed E-state index contributed by atoms with van der Waals surface area (Å²) in [6.45, 7) is 8.62. The minimum absolute atomic E-state index is 0.110. The number of carbonyl (C=O) groups excluding carboxylic acids is 1. The summed E-state index contributed by atoms with van der Waals surface area (Å²) in [5, 5.41) is 0.626. The van der Waals surface area contributed by atoms with E-state index in [2.05, 4.69) is 48.6 Å². The second-order valence-corrected chi connectivity index (χ2v) is 12.3. The molecule has 0 bridgehead atoms. The van der Waals surface area contributed by atoms with Crippen molar-refractivity contribution in [2.75, 3.05) is 12.0 Å². The molecule has 0 unspecified atom stereocenters. The van der Waals surface area contributed by atoms with E-state index in [1.54, 1.807) is 12.0 Å². The average molecular weight is 675 g/mol. The predicted molar refractivity (Wildman–Crippen MR) is 178 cm³/mol. The van der Waals surface area contributed by atoms with Gasteiger partial charge < -0.3 is 9.47 Å². The van der Waals surface area contributed by atoms with Crippen LogP contribution in [0.4, 0.5) is 11.4 Å². The molecule has 1 heterocycles. The first-order valence-corrected chi connectivity index (χ1v) is 15.1. The second kappa shape index (κ2) is 12.5. The highest BCUT2D eigenvalue weighted by Gasteiger charge is 2.35. The van der Waals surface area contributed by atoms with Gasteiger partial charge in [0.15, 0.2) is 16.7 Å². The maximum Gasteiger partial charge on any atom is 0.271 e. The highest BCUT2D eigenvalue weighted by atomic mass is 127. The number of amidine groups is 1. The predicted octanol–water partition coefficient (Wildman–Crippen LogP) is 8.92. The molecule has 4 aromatic rings. The zero-order valence-corrected chi connectivity index (χ0v) is 26.7. The van der Waals surface area contributed by atoms with Crippen molar-refractivity contribution in [3.63, 3.8) is 0 Å². The summed E-state index contributed by atoms with van der Waals surface area (Å²) in [6, 6.07) is 26.3. The Bertz CT molecular complexity index is 1640. The number of amides is 1. The molecule has 41 heavy (non-hydrogen) atoms. The number of halogens is 1. The van der Waals surface area contributed by atoms with Gasteiger partial charge in [0, 0.05) is 0 Å². The Balaban J connectivity index is 1.52. The maximum atomic E-state index is 13.9. The number of rotatable bonds is 7. The monoisotopic (exact) mass is 674 g/mol. The second-order valence-electron chi connectivity index (χ2n) is 10.1. The summed E-state index contributed by atoms with van der Waals surface area (Å²) < 4.78 is 12.7. The highest BCUT2D eigenvalue weighted by Crippen LogP contribution is 2.40. The van der Waals surface area contributed by atoms with E-state index in [1.807, 2.05) is 86.7 Å². The van der Waals surface area contributed by atoms with Gasteiger partial charge in [0.05, 0.1) is 27.0 Å². The first kappa shape index (κ1) is 29.0. The molecule has 1 amide bonds. The molecule has 5 nitrogen and oxygen atoms in total. The minimum atomic E-state index is -0.110. The van der Waals surface area contributed by atoms with Crippen LogP contribution in [0.5, 0.6) is 11.5 Å². The summed E-state index contributed by atoms with van der Waals surface area (Å²) in [5.74, 6) is 1.19. The SMILES string of the molecule is COc1cc(/C=C2/SC(=Nc3cc(C)cc(C)c3)N(c3cc(C)cc(C)c3)C2=O)cc(I)c1OCc1ccccc1. The lowest BCUT2D eigenvalue weighted by Gasteiger charge is -2.17. The van der Waals surface area contributed by atoms with Gasteiger partial charge in [-0.3, -0.25) is 9.69 Å². The number of nitrogens with zero attached hydrogens (tertiary/aromatic N) is 2. The number of anilines is 1. The molecule has 1 fully saturated rings. The number of hydrogen-bond acceptors (Lipinski definition) is 5. The Kier molecular flexibility index (Phi) is 8.85. The third-order valence-corrected chi connectivity index (χ3v) is 8.25. The van der Waals surface area contributed by atoms with E-state index >= 15 is 0 Å². The standard InChI is InChI=1S/C34H31IN2O3S/c1-21-11-22(2)14-27(13-21)36-34-37(28-15-23(3)12-24(4)16-28)33(38)31(41-34)19-26-17-29(35)32(30(18-26)39-5)40-20-25-9-7-6-8-10-25/h6-19H,20H2,1-5H3/b31-19+,36-34?. The highest BCUT2D eigenvalue weighted by molar-refractivity contribution is 14.1. The van der Waals surface area contributed by atoms with Gasteiger partial charge in [0.25, 0.3) is 5.91 Å². The molecule has 0 spiro atoms. The molecule has 0 N–H and O–H groups in total. The molecule has 5 rings (SSSR count). The van der Waals surface area contributed by atoms with Gasteiger partial charge >= 0.3 is 0 Å². The number of ether oxygens (including phenoxy) is 2. The summed E-state index contributed by atoms with van der Waals surface area (Å²) in [6.07, 6.45) is 1.90. The molecule has 7 heteroatoms. The number of methoxy groups -OCH3 is 1. The number of aliphatic imine (C=N–C) groups is 1. The van der Waals surface area contributed by atoms with Crippen LogP contribution in [0.2, 0.25) is 0 Å². The Labute approximate surface area is 259 Å². The van der Waals surface area contributed by atoms with Crippen molar-refractivity contribution < 1.29 is 14.3 Å². The molecule has 0 saturated carbocycles.